The molecule has 0 N–H and O–H groups in total. The van der Waals surface area contributed by atoms with Crippen LogP contribution < -0.4 is 4.74 Å². The van der Waals surface area contributed by atoms with Gasteiger partial charge in [-0.15, -0.1) is 0 Å². The van der Waals surface area contributed by atoms with E-state index in [1.54, 1.807) is 36.3 Å². The van der Waals surface area contributed by atoms with Crippen LogP contribution in [0.15, 0.2) is 27.4 Å². The molecule has 4 rings (SSSR count). The lowest BCUT2D eigenvalue weighted by atomic mass is 9.87. The molecule has 0 unspecified atom stereocenters. The predicted molar refractivity (Wildman–Crippen MR) is 88.8 cm³/mol. The van der Waals surface area contributed by atoms with E-state index in [9.17, 15) is 0 Å². The molecule has 116 valence electrons. The van der Waals surface area contributed by atoms with Crippen LogP contribution in [0.3, 0.4) is 0 Å². The van der Waals surface area contributed by atoms with Crippen molar-refractivity contribution < 1.29 is 4.74 Å². The number of fused-ring (bicyclic) bond motifs is 4. The fourth-order valence-corrected chi connectivity index (χ4v) is 5.23. The Bertz CT molecular complexity index is 668. The van der Waals surface area contributed by atoms with Crippen LogP contribution in [-0.2, 0) is 0 Å². The first-order chi connectivity index (χ1) is 10.8. The molecule has 1 aromatic rings. The van der Waals surface area contributed by atoms with Gasteiger partial charge in [0.15, 0.2) is 0 Å². The molecule has 0 saturated carbocycles. The SMILES string of the molecule is CCCCC1=N[C@@H]2Sc3c(OC)ncnc3[C@H]2C2=C1CCC2. The molecule has 1 aromatic heterocycles. The number of thioether (sulfide) groups is 1. The largest absolute Gasteiger partial charge is 0.480 e. The number of ether oxygens (including phenoxy) is 1. The Morgan fingerprint density at radius 2 is 2.23 bits per heavy atom. The Hall–Kier alpha value is -1.36. The third-order valence-electron chi connectivity index (χ3n) is 4.84. The first-order valence-corrected chi connectivity index (χ1v) is 9.06. The lowest BCUT2D eigenvalue weighted by molar-refractivity contribution is 0.384. The first-order valence-electron chi connectivity index (χ1n) is 8.18. The Balaban J connectivity index is 1.76. The zero-order valence-electron chi connectivity index (χ0n) is 13.1. The Kier molecular flexibility index (Phi) is 3.68. The van der Waals surface area contributed by atoms with Crippen molar-refractivity contribution in [1.29, 1.82) is 0 Å². The van der Waals surface area contributed by atoms with Gasteiger partial charge in [0.25, 0.3) is 0 Å². The van der Waals surface area contributed by atoms with Crippen molar-refractivity contribution in [2.45, 2.75) is 61.6 Å². The summed E-state index contributed by atoms with van der Waals surface area (Å²) in [6.07, 6.45) is 8.87. The van der Waals surface area contributed by atoms with Crippen LogP contribution in [0, 0.1) is 0 Å². The topological polar surface area (TPSA) is 47.4 Å². The summed E-state index contributed by atoms with van der Waals surface area (Å²) in [4.78, 5) is 15.1. The lowest BCUT2D eigenvalue weighted by Gasteiger charge is -2.26. The Morgan fingerprint density at radius 3 is 3.05 bits per heavy atom. The third kappa shape index (κ3) is 2.09. The summed E-state index contributed by atoms with van der Waals surface area (Å²) in [5, 5.41) is 0.240. The second-order valence-corrected chi connectivity index (χ2v) is 7.25. The van der Waals surface area contributed by atoms with Crippen LogP contribution in [0.2, 0.25) is 0 Å². The minimum Gasteiger partial charge on any atom is -0.480 e. The van der Waals surface area contributed by atoms with E-state index >= 15 is 0 Å². The minimum absolute atomic E-state index is 0.240. The number of hydrogen-bond acceptors (Lipinski definition) is 5. The van der Waals surface area contributed by atoms with Gasteiger partial charge in [-0.25, -0.2) is 9.97 Å². The number of rotatable bonds is 4. The molecular weight excluding hydrogens is 294 g/mol. The zero-order valence-corrected chi connectivity index (χ0v) is 13.9. The lowest BCUT2D eigenvalue weighted by Crippen LogP contribution is -2.21. The van der Waals surface area contributed by atoms with E-state index in [2.05, 4.69) is 16.9 Å². The summed E-state index contributed by atoms with van der Waals surface area (Å²) < 4.78 is 5.43. The highest BCUT2D eigenvalue weighted by atomic mass is 32.2. The van der Waals surface area contributed by atoms with Crippen LogP contribution in [0.5, 0.6) is 5.88 Å². The fourth-order valence-electron chi connectivity index (χ4n) is 3.84. The van der Waals surface area contributed by atoms with Gasteiger partial charge in [0.1, 0.15) is 11.7 Å². The summed E-state index contributed by atoms with van der Waals surface area (Å²) >= 11 is 1.79. The smallest absolute Gasteiger partial charge is 0.230 e. The van der Waals surface area contributed by atoms with Crippen molar-refractivity contribution in [1.82, 2.24) is 9.97 Å². The van der Waals surface area contributed by atoms with E-state index in [0.29, 0.717) is 11.8 Å². The average molecular weight is 315 g/mol. The molecular formula is C17H21N3OS. The van der Waals surface area contributed by atoms with Crippen LogP contribution in [0.1, 0.15) is 57.1 Å². The van der Waals surface area contributed by atoms with Crippen molar-refractivity contribution in [2.75, 3.05) is 7.11 Å². The number of aromatic nitrogens is 2. The van der Waals surface area contributed by atoms with Crippen molar-refractivity contribution >= 4 is 17.5 Å². The summed E-state index contributed by atoms with van der Waals surface area (Å²) in [6, 6.07) is 0. The van der Waals surface area contributed by atoms with Crippen LogP contribution in [0.25, 0.3) is 0 Å². The molecule has 2 atom stereocenters. The number of unbranched alkanes of at least 4 members (excludes halogenated alkanes) is 1. The summed E-state index contributed by atoms with van der Waals surface area (Å²) in [7, 11) is 1.68. The van der Waals surface area contributed by atoms with Gasteiger partial charge >= 0.3 is 0 Å². The second-order valence-electron chi connectivity index (χ2n) is 6.12. The van der Waals surface area contributed by atoms with E-state index in [1.165, 1.54) is 37.8 Å². The zero-order chi connectivity index (χ0) is 15.1. The first kappa shape index (κ1) is 14.2. The highest BCUT2D eigenvalue weighted by Crippen LogP contribution is 2.56. The minimum atomic E-state index is 0.240. The maximum absolute atomic E-state index is 5.43. The van der Waals surface area contributed by atoms with Gasteiger partial charge in [0, 0.05) is 5.71 Å². The Morgan fingerprint density at radius 1 is 1.32 bits per heavy atom. The van der Waals surface area contributed by atoms with Crippen LogP contribution >= 0.6 is 11.8 Å². The van der Waals surface area contributed by atoms with E-state index < -0.39 is 0 Å². The number of allylic oxidation sites excluding steroid dienone is 1. The van der Waals surface area contributed by atoms with Gasteiger partial charge in [-0.05, 0) is 37.7 Å². The molecule has 3 aliphatic rings. The molecule has 0 spiro atoms. The molecule has 0 radical (unpaired) electrons. The number of aliphatic imine (C=N–C) groups is 1. The molecule has 0 saturated heterocycles. The van der Waals surface area contributed by atoms with Crippen molar-refractivity contribution in [2.24, 2.45) is 4.99 Å². The van der Waals surface area contributed by atoms with E-state index in [0.717, 1.165) is 17.0 Å². The van der Waals surface area contributed by atoms with Gasteiger partial charge in [0.2, 0.25) is 5.88 Å². The number of nitrogens with zero attached hydrogens (tertiary/aromatic N) is 3. The average Bonchev–Trinajstić information content (AvgIpc) is 3.15. The van der Waals surface area contributed by atoms with E-state index in [-0.39, 0.29) is 5.37 Å². The van der Waals surface area contributed by atoms with Gasteiger partial charge < -0.3 is 4.74 Å². The number of dihydropyridines is 1. The molecule has 0 bridgehead atoms. The molecule has 2 aliphatic heterocycles. The van der Waals surface area contributed by atoms with Crippen molar-refractivity contribution in [3.8, 4) is 5.88 Å². The van der Waals surface area contributed by atoms with Gasteiger partial charge in [0.05, 0.1) is 23.6 Å². The molecule has 1 aliphatic carbocycles. The molecule has 0 amide bonds. The second kappa shape index (κ2) is 5.69. The van der Waals surface area contributed by atoms with E-state index in [4.69, 9.17) is 9.73 Å². The fraction of sp³-hybridized carbons (Fsp3) is 0.588. The number of methoxy groups -OCH3 is 1. The predicted octanol–water partition coefficient (Wildman–Crippen LogP) is 4.13. The summed E-state index contributed by atoms with van der Waals surface area (Å²) in [6.45, 7) is 2.25. The standard InChI is InChI=1S/C17H21N3OS/c1-3-4-8-12-10-6-5-7-11(10)13-14-15(22-17(13)20-12)16(21-2)19-9-18-14/h9,13,17H,3-8H2,1-2H3/t13-,17-/m1/s1. The van der Waals surface area contributed by atoms with E-state index in [1.807, 2.05) is 0 Å². The number of hydrogen-bond donors (Lipinski definition) is 0. The highest BCUT2D eigenvalue weighted by Gasteiger charge is 2.44. The molecule has 0 fully saturated rings. The van der Waals surface area contributed by atoms with Gasteiger partial charge in [-0.1, -0.05) is 30.7 Å². The van der Waals surface area contributed by atoms with Gasteiger partial charge in [-0.3, -0.25) is 4.99 Å². The van der Waals surface area contributed by atoms with Gasteiger partial charge in [-0.2, -0.15) is 0 Å². The van der Waals surface area contributed by atoms with Crippen LogP contribution in [-0.4, -0.2) is 28.2 Å². The molecule has 3 heterocycles. The highest BCUT2D eigenvalue weighted by molar-refractivity contribution is 8.00. The maximum Gasteiger partial charge on any atom is 0.230 e. The van der Waals surface area contributed by atoms with Crippen molar-refractivity contribution in [3.63, 3.8) is 0 Å². The maximum atomic E-state index is 5.43. The Labute approximate surface area is 135 Å². The summed E-state index contributed by atoms with van der Waals surface area (Å²) in [5.41, 5.74) is 5.64. The molecule has 5 heteroatoms. The molecule has 0 aromatic carbocycles. The van der Waals surface area contributed by atoms with Crippen molar-refractivity contribution in [3.05, 3.63) is 23.2 Å². The molecule has 22 heavy (non-hydrogen) atoms. The normalized spacial score (nSPS) is 25.6. The molecule has 4 nitrogen and oxygen atoms in total. The third-order valence-corrected chi connectivity index (χ3v) is 6.08. The van der Waals surface area contributed by atoms with Crippen LogP contribution in [0.4, 0.5) is 0 Å². The monoisotopic (exact) mass is 315 g/mol. The quantitative estimate of drug-likeness (QED) is 0.838. The summed E-state index contributed by atoms with van der Waals surface area (Å²) in [5.74, 6) is 1.05.